The van der Waals surface area contributed by atoms with E-state index in [2.05, 4.69) is 23.6 Å². The zero-order chi connectivity index (χ0) is 18.5. The Morgan fingerprint density at radius 2 is 2.00 bits per heavy atom. The Morgan fingerprint density at radius 3 is 2.78 bits per heavy atom. The van der Waals surface area contributed by atoms with Crippen LogP contribution in [0.4, 0.5) is 4.39 Å². The van der Waals surface area contributed by atoms with Crippen LogP contribution in [0, 0.1) is 5.82 Å². The number of fused-ring (bicyclic) bond motifs is 4. The van der Waals surface area contributed by atoms with Gasteiger partial charge in [-0.15, -0.1) is 11.3 Å². The minimum Gasteiger partial charge on any atom is -0.478 e. The summed E-state index contributed by atoms with van der Waals surface area (Å²) in [5, 5.41) is 12.2. The summed E-state index contributed by atoms with van der Waals surface area (Å²) >= 11 is 1.69. The van der Waals surface area contributed by atoms with Crippen LogP contribution < -0.4 is 0 Å². The number of thiophene rings is 1. The highest BCUT2D eigenvalue weighted by atomic mass is 32.1. The van der Waals surface area contributed by atoms with Crippen LogP contribution in [0.2, 0.25) is 0 Å². The van der Waals surface area contributed by atoms with Gasteiger partial charge in [0.2, 0.25) is 0 Å². The Labute approximate surface area is 158 Å². The van der Waals surface area contributed by atoms with Crippen molar-refractivity contribution in [2.75, 3.05) is 0 Å². The Kier molecular flexibility index (Phi) is 3.58. The van der Waals surface area contributed by atoms with E-state index in [-0.39, 0.29) is 5.56 Å². The van der Waals surface area contributed by atoms with Crippen molar-refractivity contribution in [2.24, 2.45) is 0 Å². The standard InChI is InChI=1S/C22H14FNO2S/c23-14-5-8-18-17(11-14)20(22(25)26)16-7-3-12-10-13(19-2-1-9-27-19)4-6-15(12)21(16)24-18/h1-2,4-6,8-11H,3,7H2,(H,25,26). The summed E-state index contributed by atoms with van der Waals surface area (Å²) in [7, 11) is 0. The first kappa shape index (κ1) is 16.1. The molecule has 2 heterocycles. The Balaban J connectivity index is 1.77. The van der Waals surface area contributed by atoms with E-state index in [1.165, 1.54) is 22.6 Å². The number of aromatic nitrogens is 1. The minimum atomic E-state index is -1.04. The van der Waals surface area contributed by atoms with Gasteiger partial charge in [-0.3, -0.25) is 0 Å². The summed E-state index contributed by atoms with van der Waals surface area (Å²) in [4.78, 5) is 17.9. The van der Waals surface area contributed by atoms with Gasteiger partial charge >= 0.3 is 5.97 Å². The third kappa shape index (κ3) is 2.54. The van der Waals surface area contributed by atoms with E-state index < -0.39 is 11.8 Å². The highest BCUT2D eigenvalue weighted by Crippen LogP contribution is 2.39. The van der Waals surface area contributed by atoms with Gasteiger partial charge in [-0.2, -0.15) is 0 Å². The molecule has 2 aromatic heterocycles. The second-order valence-electron chi connectivity index (χ2n) is 6.63. The van der Waals surface area contributed by atoms with Gasteiger partial charge < -0.3 is 5.11 Å². The van der Waals surface area contributed by atoms with Crippen LogP contribution in [0.1, 0.15) is 21.5 Å². The van der Waals surface area contributed by atoms with Gasteiger partial charge in [-0.05, 0) is 65.2 Å². The average Bonchev–Trinajstić information content (AvgIpc) is 3.20. The number of nitrogens with zero attached hydrogens (tertiary/aromatic N) is 1. The van der Waals surface area contributed by atoms with Gasteiger partial charge in [-0.1, -0.05) is 18.2 Å². The molecule has 5 rings (SSSR count). The molecule has 1 aliphatic rings. The highest BCUT2D eigenvalue weighted by Gasteiger charge is 2.26. The molecule has 2 aromatic carbocycles. The molecule has 27 heavy (non-hydrogen) atoms. The number of carbonyl (C=O) groups is 1. The first-order valence-electron chi connectivity index (χ1n) is 8.64. The zero-order valence-electron chi connectivity index (χ0n) is 14.2. The van der Waals surface area contributed by atoms with Crippen molar-refractivity contribution in [1.29, 1.82) is 0 Å². The lowest BCUT2D eigenvalue weighted by atomic mass is 9.84. The average molecular weight is 375 g/mol. The van der Waals surface area contributed by atoms with E-state index in [9.17, 15) is 14.3 Å². The SMILES string of the molecule is O=C(O)c1c2c(nc3ccc(F)cc13)-c1ccc(-c3cccs3)cc1CC2. The third-order valence-electron chi connectivity index (χ3n) is 5.07. The van der Waals surface area contributed by atoms with Gasteiger partial charge in [0.25, 0.3) is 0 Å². The number of hydrogen-bond donors (Lipinski definition) is 1. The smallest absolute Gasteiger partial charge is 0.336 e. The molecular formula is C22H14FNO2S. The number of benzene rings is 2. The van der Waals surface area contributed by atoms with Crippen molar-refractivity contribution >= 4 is 28.2 Å². The molecule has 0 atom stereocenters. The van der Waals surface area contributed by atoms with Crippen LogP contribution in [-0.4, -0.2) is 16.1 Å². The van der Waals surface area contributed by atoms with Gasteiger partial charge in [0.15, 0.2) is 0 Å². The van der Waals surface area contributed by atoms with Crippen molar-refractivity contribution in [3.63, 3.8) is 0 Å². The molecule has 1 aliphatic carbocycles. The normalized spacial score (nSPS) is 12.6. The van der Waals surface area contributed by atoms with Crippen molar-refractivity contribution in [2.45, 2.75) is 12.8 Å². The molecule has 0 fully saturated rings. The van der Waals surface area contributed by atoms with Crippen LogP contribution in [0.15, 0.2) is 53.9 Å². The maximum Gasteiger partial charge on any atom is 0.336 e. The maximum atomic E-state index is 13.7. The number of rotatable bonds is 2. The number of carboxylic acids is 1. The summed E-state index contributed by atoms with van der Waals surface area (Å²) < 4.78 is 13.7. The second-order valence-corrected chi connectivity index (χ2v) is 7.58. The van der Waals surface area contributed by atoms with Crippen LogP contribution in [0.3, 0.4) is 0 Å². The molecule has 3 nitrogen and oxygen atoms in total. The monoisotopic (exact) mass is 375 g/mol. The lowest BCUT2D eigenvalue weighted by Crippen LogP contribution is -2.13. The topological polar surface area (TPSA) is 50.2 Å². The first-order chi connectivity index (χ1) is 13.1. The minimum absolute atomic E-state index is 0.169. The van der Waals surface area contributed by atoms with Gasteiger partial charge in [0.1, 0.15) is 5.82 Å². The van der Waals surface area contributed by atoms with Gasteiger partial charge in [0.05, 0.1) is 16.8 Å². The Morgan fingerprint density at radius 1 is 1.11 bits per heavy atom. The fraction of sp³-hybridized carbons (Fsp3) is 0.0909. The zero-order valence-corrected chi connectivity index (χ0v) is 15.0. The van der Waals surface area contributed by atoms with Crippen LogP contribution in [-0.2, 0) is 12.8 Å². The van der Waals surface area contributed by atoms with Gasteiger partial charge in [0, 0.05) is 15.8 Å². The predicted molar refractivity (Wildman–Crippen MR) is 105 cm³/mol. The molecule has 0 radical (unpaired) electrons. The number of carboxylic acid groups (broad SMARTS) is 1. The van der Waals surface area contributed by atoms with E-state index in [4.69, 9.17) is 4.98 Å². The molecular weight excluding hydrogens is 361 g/mol. The predicted octanol–water partition coefficient (Wildman–Crippen LogP) is 5.57. The summed E-state index contributed by atoms with van der Waals surface area (Å²) in [6, 6.07) is 14.5. The van der Waals surface area contributed by atoms with Crippen molar-refractivity contribution < 1.29 is 14.3 Å². The van der Waals surface area contributed by atoms with Crippen molar-refractivity contribution in [3.05, 3.63) is 76.4 Å². The van der Waals surface area contributed by atoms with E-state index in [0.717, 1.165) is 17.5 Å². The Hall–Kier alpha value is -3.05. The van der Waals surface area contributed by atoms with Crippen molar-refractivity contribution in [3.8, 4) is 21.7 Å². The molecule has 5 heteroatoms. The molecule has 0 unspecified atom stereocenters. The van der Waals surface area contributed by atoms with Gasteiger partial charge in [-0.25, -0.2) is 14.2 Å². The number of aryl methyl sites for hydroxylation is 1. The molecule has 1 N–H and O–H groups in total. The molecule has 0 saturated heterocycles. The summed E-state index contributed by atoms with van der Waals surface area (Å²) in [5.41, 5.74) is 5.35. The lowest BCUT2D eigenvalue weighted by Gasteiger charge is -2.22. The number of aromatic carboxylic acids is 1. The lowest BCUT2D eigenvalue weighted by molar-refractivity contribution is 0.0698. The van der Waals surface area contributed by atoms with E-state index in [1.54, 1.807) is 17.4 Å². The highest BCUT2D eigenvalue weighted by molar-refractivity contribution is 7.13. The fourth-order valence-corrected chi connectivity index (χ4v) is 4.60. The molecule has 0 aliphatic heterocycles. The van der Waals surface area contributed by atoms with E-state index >= 15 is 0 Å². The molecule has 132 valence electrons. The van der Waals surface area contributed by atoms with Crippen LogP contribution in [0.25, 0.3) is 32.6 Å². The molecule has 4 aromatic rings. The quantitative estimate of drug-likeness (QED) is 0.498. The van der Waals surface area contributed by atoms with Crippen LogP contribution >= 0.6 is 11.3 Å². The second kappa shape index (κ2) is 5.99. The largest absolute Gasteiger partial charge is 0.478 e. The Bertz CT molecular complexity index is 1210. The molecule has 0 saturated carbocycles. The van der Waals surface area contributed by atoms with Crippen LogP contribution in [0.5, 0.6) is 0 Å². The van der Waals surface area contributed by atoms with Crippen molar-refractivity contribution in [1.82, 2.24) is 4.98 Å². The summed E-state index contributed by atoms with van der Waals surface area (Å²) in [5.74, 6) is -1.49. The third-order valence-corrected chi connectivity index (χ3v) is 5.99. The number of hydrogen-bond acceptors (Lipinski definition) is 3. The molecule has 0 spiro atoms. The number of halogens is 1. The maximum absolute atomic E-state index is 13.7. The van der Waals surface area contributed by atoms with E-state index in [0.29, 0.717) is 28.6 Å². The first-order valence-corrected chi connectivity index (χ1v) is 9.52. The molecule has 0 bridgehead atoms. The molecule has 0 amide bonds. The summed E-state index contributed by atoms with van der Waals surface area (Å²) in [6.07, 6.45) is 1.32. The fourth-order valence-electron chi connectivity index (χ4n) is 3.87. The van der Waals surface area contributed by atoms with E-state index in [1.807, 2.05) is 12.1 Å². The number of pyridine rings is 1. The summed E-state index contributed by atoms with van der Waals surface area (Å²) in [6.45, 7) is 0.